The zero-order valence-electron chi connectivity index (χ0n) is 9.84. The fraction of sp³-hybridized carbons (Fsp3) is 0.333. The molecule has 0 aliphatic heterocycles. The molecule has 0 spiro atoms. The van der Waals surface area contributed by atoms with Gasteiger partial charge >= 0.3 is 11.8 Å². The number of carbonyl (C=O) groups is 2. The van der Waals surface area contributed by atoms with Gasteiger partial charge in [0, 0.05) is 18.1 Å². The lowest BCUT2D eigenvalue weighted by molar-refractivity contribution is -0.136. The van der Waals surface area contributed by atoms with Crippen LogP contribution >= 0.6 is 11.6 Å². The highest BCUT2D eigenvalue weighted by Gasteiger charge is 2.13. The number of halogens is 1. The Kier molecular flexibility index (Phi) is 4.97. The van der Waals surface area contributed by atoms with Gasteiger partial charge in [0.15, 0.2) is 0 Å². The lowest BCUT2D eigenvalue weighted by Crippen LogP contribution is -2.36. The average Bonchev–Trinajstić information content (AvgIpc) is 2.29. The molecule has 0 unspecified atom stereocenters. The Hall–Kier alpha value is -1.55. The van der Waals surface area contributed by atoms with Crippen molar-refractivity contribution in [1.29, 1.82) is 0 Å². The summed E-state index contributed by atoms with van der Waals surface area (Å²) in [5, 5.41) is 4.95. The van der Waals surface area contributed by atoms with Gasteiger partial charge in [-0.25, -0.2) is 0 Å². The minimum absolute atomic E-state index is 0.278. The number of hydrogen-bond acceptors (Lipinski definition) is 2. The number of benzene rings is 1. The van der Waals surface area contributed by atoms with Crippen molar-refractivity contribution in [1.82, 2.24) is 5.32 Å². The van der Waals surface area contributed by atoms with Crippen LogP contribution in [0.3, 0.4) is 0 Å². The van der Waals surface area contributed by atoms with Gasteiger partial charge in [-0.2, -0.15) is 0 Å². The van der Waals surface area contributed by atoms with Crippen molar-refractivity contribution in [3.8, 4) is 0 Å². The number of amides is 2. The monoisotopic (exact) mass is 254 g/mol. The van der Waals surface area contributed by atoms with E-state index >= 15 is 0 Å². The van der Waals surface area contributed by atoms with E-state index in [2.05, 4.69) is 10.6 Å². The quantitative estimate of drug-likeness (QED) is 0.636. The third-order valence-electron chi connectivity index (χ3n) is 2.22. The summed E-state index contributed by atoms with van der Waals surface area (Å²) in [7, 11) is 0. The van der Waals surface area contributed by atoms with Crippen molar-refractivity contribution in [3.05, 3.63) is 29.3 Å². The zero-order chi connectivity index (χ0) is 12.8. The fourth-order valence-corrected chi connectivity index (χ4v) is 1.47. The first-order chi connectivity index (χ1) is 8.04. The number of nitrogens with one attached hydrogen (secondary N) is 2. The van der Waals surface area contributed by atoms with Crippen LogP contribution in [-0.4, -0.2) is 24.2 Å². The maximum Gasteiger partial charge on any atom is 0.313 e. The predicted octanol–water partition coefficient (Wildman–Crippen LogP) is 1.60. The summed E-state index contributed by atoms with van der Waals surface area (Å²) in [6.45, 7) is 4.12. The minimum atomic E-state index is -0.679. The Bertz CT molecular complexity index is 433. The van der Waals surface area contributed by atoms with Gasteiger partial charge in [-0.15, -0.1) is 11.6 Å². The first-order valence-corrected chi connectivity index (χ1v) is 5.80. The topological polar surface area (TPSA) is 58.2 Å². The van der Waals surface area contributed by atoms with Gasteiger partial charge in [0.1, 0.15) is 0 Å². The molecule has 5 heteroatoms. The first kappa shape index (κ1) is 13.5. The van der Waals surface area contributed by atoms with Gasteiger partial charge in [-0.1, -0.05) is 17.7 Å². The first-order valence-electron chi connectivity index (χ1n) is 5.27. The van der Waals surface area contributed by atoms with E-state index in [1.807, 2.05) is 26.0 Å². The molecule has 0 aromatic heterocycles. The van der Waals surface area contributed by atoms with Crippen molar-refractivity contribution in [2.24, 2.45) is 0 Å². The molecule has 1 aromatic rings. The van der Waals surface area contributed by atoms with Crippen LogP contribution < -0.4 is 10.6 Å². The van der Waals surface area contributed by atoms with Crippen molar-refractivity contribution in [3.63, 3.8) is 0 Å². The zero-order valence-corrected chi connectivity index (χ0v) is 10.6. The van der Waals surface area contributed by atoms with Crippen LogP contribution in [0.4, 0.5) is 5.69 Å². The van der Waals surface area contributed by atoms with E-state index in [0.29, 0.717) is 5.69 Å². The lowest BCUT2D eigenvalue weighted by atomic mass is 10.1. The van der Waals surface area contributed by atoms with Crippen LogP contribution in [0.2, 0.25) is 0 Å². The molecule has 0 radical (unpaired) electrons. The second-order valence-corrected chi connectivity index (χ2v) is 4.10. The van der Waals surface area contributed by atoms with Crippen LogP contribution in [0.25, 0.3) is 0 Å². The molecule has 0 bridgehead atoms. The molecule has 1 rings (SSSR count). The van der Waals surface area contributed by atoms with E-state index < -0.39 is 11.8 Å². The molecule has 2 amide bonds. The second-order valence-electron chi connectivity index (χ2n) is 3.72. The van der Waals surface area contributed by atoms with Crippen LogP contribution in [0, 0.1) is 13.8 Å². The second kappa shape index (κ2) is 6.25. The van der Waals surface area contributed by atoms with E-state index in [1.165, 1.54) is 0 Å². The van der Waals surface area contributed by atoms with Gasteiger partial charge in [0.05, 0.1) is 0 Å². The van der Waals surface area contributed by atoms with Gasteiger partial charge < -0.3 is 10.6 Å². The molecule has 0 aliphatic carbocycles. The van der Waals surface area contributed by atoms with Crippen molar-refractivity contribution < 1.29 is 9.59 Å². The summed E-state index contributed by atoms with van der Waals surface area (Å²) < 4.78 is 0. The van der Waals surface area contributed by atoms with E-state index in [9.17, 15) is 9.59 Å². The molecule has 17 heavy (non-hydrogen) atoms. The van der Waals surface area contributed by atoms with Crippen molar-refractivity contribution >= 4 is 29.1 Å². The number of rotatable bonds is 3. The Morgan fingerprint density at radius 2 is 1.94 bits per heavy atom. The Labute approximate surface area is 105 Å². The summed E-state index contributed by atoms with van der Waals surface area (Å²) in [4.78, 5) is 22.8. The van der Waals surface area contributed by atoms with Gasteiger partial charge in [0.2, 0.25) is 0 Å². The van der Waals surface area contributed by atoms with Gasteiger partial charge in [-0.3, -0.25) is 9.59 Å². The molecule has 0 saturated carbocycles. The maximum absolute atomic E-state index is 11.5. The molecule has 0 saturated heterocycles. The largest absolute Gasteiger partial charge is 0.347 e. The molecular weight excluding hydrogens is 240 g/mol. The molecule has 92 valence electrons. The minimum Gasteiger partial charge on any atom is -0.347 e. The molecule has 2 N–H and O–H groups in total. The molecule has 0 heterocycles. The molecule has 0 fully saturated rings. The Balaban J connectivity index is 2.64. The SMILES string of the molecule is Cc1ccc(NC(=O)C(=O)NCCCl)c(C)c1. The maximum atomic E-state index is 11.5. The third kappa shape index (κ3) is 4.07. The standard InChI is InChI=1S/C12H15ClN2O2/c1-8-3-4-10(9(2)7-8)15-12(17)11(16)14-6-5-13/h3-4,7H,5-6H2,1-2H3,(H,14,16)(H,15,17). The Morgan fingerprint density at radius 3 is 2.53 bits per heavy atom. The Morgan fingerprint density at radius 1 is 1.24 bits per heavy atom. The van der Waals surface area contributed by atoms with Crippen LogP contribution in [-0.2, 0) is 9.59 Å². The molecule has 4 nitrogen and oxygen atoms in total. The highest BCUT2D eigenvalue weighted by atomic mass is 35.5. The summed E-state index contributed by atoms with van der Waals surface area (Å²) in [5.74, 6) is -1.07. The third-order valence-corrected chi connectivity index (χ3v) is 2.41. The van der Waals surface area contributed by atoms with Crippen LogP contribution in [0.1, 0.15) is 11.1 Å². The number of hydrogen-bond donors (Lipinski definition) is 2. The van der Waals surface area contributed by atoms with E-state index in [4.69, 9.17) is 11.6 Å². The van der Waals surface area contributed by atoms with Gasteiger partial charge in [-0.05, 0) is 25.5 Å². The van der Waals surface area contributed by atoms with Gasteiger partial charge in [0.25, 0.3) is 0 Å². The number of anilines is 1. The predicted molar refractivity (Wildman–Crippen MR) is 68.3 cm³/mol. The number of alkyl halides is 1. The summed E-state index contributed by atoms with van der Waals surface area (Å²) >= 11 is 5.41. The van der Waals surface area contributed by atoms with Crippen molar-refractivity contribution in [2.45, 2.75) is 13.8 Å². The normalized spacial score (nSPS) is 9.82. The highest BCUT2D eigenvalue weighted by Crippen LogP contribution is 2.15. The number of carbonyl (C=O) groups excluding carboxylic acids is 2. The smallest absolute Gasteiger partial charge is 0.313 e. The van der Waals surface area contributed by atoms with Crippen LogP contribution in [0.5, 0.6) is 0 Å². The van der Waals surface area contributed by atoms with Crippen molar-refractivity contribution in [2.75, 3.05) is 17.7 Å². The van der Waals surface area contributed by atoms with Crippen LogP contribution in [0.15, 0.2) is 18.2 Å². The molecule has 0 atom stereocenters. The van der Waals surface area contributed by atoms with E-state index in [-0.39, 0.29) is 12.4 Å². The molecule has 0 aliphatic rings. The van der Waals surface area contributed by atoms with E-state index in [1.54, 1.807) is 6.07 Å². The summed E-state index contributed by atoms with van der Waals surface area (Å²) in [6.07, 6.45) is 0. The number of aryl methyl sites for hydroxylation is 2. The molecule has 1 aromatic carbocycles. The fourth-order valence-electron chi connectivity index (χ4n) is 1.37. The highest BCUT2D eigenvalue weighted by molar-refractivity contribution is 6.39. The van der Waals surface area contributed by atoms with E-state index in [0.717, 1.165) is 11.1 Å². The average molecular weight is 255 g/mol. The molecular formula is C12H15ClN2O2. The lowest BCUT2D eigenvalue weighted by Gasteiger charge is -2.08. The summed E-state index contributed by atoms with van der Waals surface area (Å²) in [6, 6.07) is 5.59. The summed E-state index contributed by atoms with van der Waals surface area (Å²) in [5.41, 5.74) is 2.66.